The normalized spacial score (nSPS) is 9.83. The van der Waals surface area contributed by atoms with E-state index in [9.17, 15) is 4.39 Å². The fourth-order valence-corrected chi connectivity index (χ4v) is 1.53. The van der Waals surface area contributed by atoms with E-state index in [1.807, 2.05) is 0 Å². The third-order valence-electron chi connectivity index (χ3n) is 2.12. The molecule has 1 heterocycles. The molecule has 2 N–H and O–H groups in total. The fraction of sp³-hybridized carbons (Fsp3) is 0. The average Bonchev–Trinajstić information content (AvgIpc) is 2.33. The first-order chi connectivity index (χ1) is 8.61. The molecule has 0 fully saturated rings. The summed E-state index contributed by atoms with van der Waals surface area (Å²) in [6.45, 7) is 0. The monoisotopic (exact) mass is 263 g/mol. The molecular formula is C12H7ClFN3O. The van der Waals surface area contributed by atoms with E-state index in [1.165, 1.54) is 30.5 Å². The standard InChI is InChI=1S/C12H7ClFN3O/c13-9-4-7(16)6-17-12(9)18-11-3-1-2-10(14)8(11)5-15/h1-4,6H,16H2. The quantitative estimate of drug-likeness (QED) is 0.903. The Hall–Kier alpha value is -2.32. The molecule has 0 saturated carbocycles. The zero-order valence-electron chi connectivity index (χ0n) is 9.02. The molecule has 0 aliphatic heterocycles. The lowest BCUT2D eigenvalue weighted by Gasteiger charge is -2.08. The summed E-state index contributed by atoms with van der Waals surface area (Å²) in [5, 5.41) is 9.03. The van der Waals surface area contributed by atoms with Crippen molar-refractivity contribution in [1.82, 2.24) is 4.98 Å². The highest BCUT2D eigenvalue weighted by Gasteiger charge is 2.12. The smallest absolute Gasteiger partial charge is 0.238 e. The van der Waals surface area contributed by atoms with Crippen LogP contribution >= 0.6 is 11.6 Å². The summed E-state index contributed by atoms with van der Waals surface area (Å²) in [7, 11) is 0. The number of rotatable bonds is 2. The molecule has 0 amide bonds. The molecule has 0 aliphatic rings. The van der Waals surface area contributed by atoms with Crippen LogP contribution < -0.4 is 10.5 Å². The van der Waals surface area contributed by atoms with Gasteiger partial charge in [-0.05, 0) is 18.2 Å². The molecule has 4 nitrogen and oxygen atoms in total. The third kappa shape index (κ3) is 2.34. The predicted molar refractivity (Wildman–Crippen MR) is 64.8 cm³/mol. The second-order valence-corrected chi connectivity index (χ2v) is 3.79. The van der Waals surface area contributed by atoms with E-state index in [0.717, 1.165) is 0 Å². The van der Waals surface area contributed by atoms with Crippen LogP contribution in [-0.4, -0.2) is 4.98 Å². The fourth-order valence-electron chi connectivity index (χ4n) is 1.32. The Morgan fingerprint density at radius 2 is 2.22 bits per heavy atom. The van der Waals surface area contributed by atoms with Gasteiger partial charge in [-0.25, -0.2) is 9.37 Å². The van der Waals surface area contributed by atoms with Crippen molar-refractivity contribution in [3.63, 3.8) is 0 Å². The summed E-state index contributed by atoms with van der Waals surface area (Å²) in [5.74, 6) is -0.550. The minimum absolute atomic E-state index is 0.0525. The van der Waals surface area contributed by atoms with Crippen LogP contribution in [0.25, 0.3) is 0 Å². The Morgan fingerprint density at radius 1 is 1.44 bits per heavy atom. The average molecular weight is 264 g/mol. The van der Waals surface area contributed by atoms with Gasteiger partial charge in [0.05, 0.1) is 11.9 Å². The van der Waals surface area contributed by atoms with Crippen molar-refractivity contribution < 1.29 is 9.13 Å². The zero-order chi connectivity index (χ0) is 13.1. The first-order valence-electron chi connectivity index (χ1n) is 4.89. The number of nitriles is 1. The Kier molecular flexibility index (Phi) is 3.31. The number of hydrogen-bond donors (Lipinski definition) is 1. The van der Waals surface area contributed by atoms with Gasteiger partial charge in [-0.1, -0.05) is 17.7 Å². The Labute approximate surface area is 107 Å². The number of nitrogen functional groups attached to an aromatic ring is 1. The molecule has 0 spiro atoms. The molecule has 0 bridgehead atoms. The van der Waals surface area contributed by atoms with Gasteiger partial charge in [0.1, 0.15) is 28.2 Å². The van der Waals surface area contributed by atoms with E-state index < -0.39 is 5.82 Å². The van der Waals surface area contributed by atoms with Gasteiger partial charge in [-0.2, -0.15) is 5.26 Å². The number of nitrogens with zero attached hydrogens (tertiary/aromatic N) is 2. The van der Waals surface area contributed by atoms with Crippen molar-refractivity contribution >= 4 is 17.3 Å². The molecule has 2 aromatic rings. The minimum Gasteiger partial charge on any atom is -0.436 e. The van der Waals surface area contributed by atoms with Gasteiger partial charge in [0.15, 0.2) is 0 Å². The largest absolute Gasteiger partial charge is 0.436 e. The molecule has 0 saturated heterocycles. The first kappa shape index (κ1) is 12.1. The highest BCUT2D eigenvalue weighted by Crippen LogP contribution is 2.30. The molecule has 0 atom stereocenters. The summed E-state index contributed by atoms with van der Waals surface area (Å²) >= 11 is 5.87. The lowest BCUT2D eigenvalue weighted by Crippen LogP contribution is -1.95. The SMILES string of the molecule is N#Cc1c(F)cccc1Oc1ncc(N)cc1Cl. The number of nitrogens with two attached hydrogens (primary N) is 1. The second kappa shape index (κ2) is 4.90. The summed E-state index contributed by atoms with van der Waals surface area (Å²) in [5.41, 5.74) is 5.67. The highest BCUT2D eigenvalue weighted by atomic mass is 35.5. The summed E-state index contributed by atoms with van der Waals surface area (Å²) in [6.07, 6.45) is 1.35. The van der Waals surface area contributed by atoms with Crippen molar-refractivity contribution in [3.8, 4) is 17.7 Å². The molecule has 2 rings (SSSR count). The van der Waals surface area contributed by atoms with Gasteiger partial charge in [0, 0.05) is 0 Å². The second-order valence-electron chi connectivity index (χ2n) is 3.38. The van der Waals surface area contributed by atoms with Gasteiger partial charge in [-0.15, -0.1) is 0 Å². The van der Waals surface area contributed by atoms with Crippen molar-refractivity contribution in [2.75, 3.05) is 5.73 Å². The topological polar surface area (TPSA) is 71.9 Å². The van der Waals surface area contributed by atoms with Crippen LogP contribution in [0.4, 0.5) is 10.1 Å². The molecule has 6 heteroatoms. The van der Waals surface area contributed by atoms with Gasteiger partial charge in [-0.3, -0.25) is 0 Å². The van der Waals surface area contributed by atoms with Crippen molar-refractivity contribution in [1.29, 1.82) is 5.26 Å². The molecule has 0 radical (unpaired) electrons. The minimum atomic E-state index is -0.665. The van der Waals surface area contributed by atoms with E-state index in [2.05, 4.69) is 4.98 Å². The Morgan fingerprint density at radius 3 is 2.89 bits per heavy atom. The number of benzene rings is 1. The lowest BCUT2D eigenvalue weighted by atomic mass is 10.2. The zero-order valence-corrected chi connectivity index (χ0v) is 9.78. The number of aromatic nitrogens is 1. The molecule has 0 unspecified atom stereocenters. The molecule has 18 heavy (non-hydrogen) atoms. The molecule has 1 aromatic heterocycles. The van der Waals surface area contributed by atoms with Crippen LogP contribution in [0.15, 0.2) is 30.5 Å². The van der Waals surface area contributed by atoms with Gasteiger partial charge in [0.2, 0.25) is 5.88 Å². The maximum absolute atomic E-state index is 13.3. The number of ether oxygens (including phenoxy) is 1. The molecule has 0 aliphatic carbocycles. The molecule has 90 valence electrons. The third-order valence-corrected chi connectivity index (χ3v) is 2.39. The van der Waals surface area contributed by atoms with E-state index in [1.54, 1.807) is 6.07 Å². The van der Waals surface area contributed by atoms with Gasteiger partial charge >= 0.3 is 0 Å². The van der Waals surface area contributed by atoms with Gasteiger partial charge in [0.25, 0.3) is 0 Å². The summed E-state index contributed by atoms with van der Waals surface area (Å²) in [4.78, 5) is 3.87. The van der Waals surface area contributed by atoms with Crippen LogP contribution in [0, 0.1) is 17.1 Å². The van der Waals surface area contributed by atoms with Crippen molar-refractivity contribution in [2.45, 2.75) is 0 Å². The predicted octanol–water partition coefficient (Wildman–Crippen LogP) is 3.12. The maximum Gasteiger partial charge on any atom is 0.238 e. The van der Waals surface area contributed by atoms with Gasteiger partial charge < -0.3 is 10.5 Å². The number of pyridine rings is 1. The Bertz CT molecular complexity index is 640. The van der Waals surface area contributed by atoms with E-state index >= 15 is 0 Å². The highest BCUT2D eigenvalue weighted by molar-refractivity contribution is 6.32. The van der Waals surface area contributed by atoms with Crippen LogP contribution in [0.5, 0.6) is 11.6 Å². The summed E-state index contributed by atoms with van der Waals surface area (Å²) in [6, 6.07) is 7.22. The first-order valence-corrected chi connectivity index (χ1v) is 5.27. The molecular weight excluding hydrogens is 257 g/mol. The summed E-state index contributed by atoms with van der Waals surface area (Å²) < 4.78 is 18.6. The van der Waals surface area contributed by atoms with Crippen molar-refractivity contribution in [2.24, 2.45) is 0 Å². The number of halogens is 2. The van der Waals surface area contributed by atoms with Crippen LogP contribution in [0.2, 0.25) is 5.02 Å². The van der Waals surface area contributed by atoms with E-state index in [4.69, 9.17) is 27.3 Å². The van der Waals surface area contributed by atoms with Crippen LogP contribution in [0.1, 0.15) is 5.56 Å². The van der Waals surface area contributed by atoms with Crippen molar-refractivity contribution in [3.05, 3.63) is 46.9 Å². The lowest BCUT2D eigenvalue weighted by molar-refractivity contribution is 0.456. The van der Waals surface area contributed by atoms with Crippen LogP contribution in [0.3, 0.4) is 0 Å². The Balaban J connectivity index is 2.41. The number of hydrogen-bond acceptors (Lipinski definition) is 4. The molecule has 1 aromatic carbocycles. The van der Waals surface area contributed by atoms with Crippen LogP contribution in [-0.2, 0) is 0 Å². The van der Waals surface area contributed by atoms with E-state index in [0.29, 0.717) is 5.69 Å². The maximum atomic E-state index is 13.3. The van der Waals surface area contributed by atoms with E-state index in [-0.39, 0.29) is 22.2 Å². The number of anilines is 1.